The lowest BCUT2D eigenvalue weighted by Gasteiger charge is -2.06. The van der Waals surface area contributed by atoms with Gasteiger partial charge in [0.25, 0.3) is 0 Å². The van der Waals surface area contributed by atoms with E-state index in [-0.39, 0.29) is 5.78 Å². The number of nitrogens with zero attached hydrogens (tertiary/aromatic N) is 1. The summed E-state index contributed by atoms with van der Waals surface area (Å²) in [7, 11) is 0. The summed E-state index contributed by atoms with van der Waals surface area (Å²) in [5, 5.41) is 0. The highest BCUT2D eigenvalue weighted by molar-refractivity contribution is 5.97. The Labute approximate surface area is 112 Å². The fourth-order valence-corrected chi connectivity index (χ4v) is 1.91. The molecule has 3 nitrogen and oxygen atoms in total. The molecule has 3 rings (SSSR count). The molecule has 0 atom stereocenters. The number of aromatic nitrogens is 1. The zero-order valence-corrected chi connectivity index (χ0v) is 10.6. The maximum Gasteiger partial charge on any atom is 0.167 e. The number of ether oxygens (including phenoxy) is 1. The molecule has 1 saturated carbocycles. The van der Waals surface area contributed by atoms with Crippen molar-refractivity contribution in [1.82, 2.24) is 4.98 Å². The zero-order valence-electron chi connectivity index (χ0n) is 10.6. The summed E-state index contributed by atoms with van der Waals surface area (Å²) < 4.78 is 5.70. The number of carbonyl (C=O) groups excluding carboxylic acids is 1. The van der Waals surface area contributed by atoms with E-state index >= 15 is 0 Å². The number of carbonyl (C=O) groups is 1. The van der Waals surface area contributed by atoms with Crippen LogP contribution in [0, 0.1) is 0 Å². The van der Waals surface area contributed by atoms with Gasteiger partial charge in [-0.25, -0.2) is 0 Å². The van der Waals surface area contributed by atoms with Crippen molar-refractivity contribution in [2.75, 3.05) is 0 Å². The molecular formula is C16H15NO2. The molecule has 1 heterocycles. The van der Waals surface area contributed by atoms with Crippen LogP contribution in [-0.2, 0) is 6.42 Å². The van der Waals surface area contributed by atoms with Crippen LogP contribution in [0.4, 0.5) is 0 Å². The summed E-state index contributed by atoms with van der Waals surface area (Å²) in [6.45, 7) is 0. The van der Waals surface area contributed by atoms with Crippen LogP contribution in [0.2, 0.25) is 0 Å². The predicted octanol–water partition coefficient (Wildman–Crippen LogP) is 3.05. The summed E-state index contributed by atoms with van der Waals surface area (Å²) in [6, 6.07) is 11.2. The minimum atomic E-state index is 0.0919. The first kappa shape index (κ1) is 11.9. The molecule has 0 bridgehead atoms. The topological polar surface area (TPSA) is 39.2 Å². The molecule has 1 aromatic carbocycles. The first-order valence-corrected chi connectivity index (χ1v) is 6.50. The van der Waals surface area contributed by atoms with E-state index in [1.165, 1.54) is 0 Å². The molecule has 0 radical (unpaired) electrons. The zero-order chi connectivity index (χ0) is 13.1. The van der Waals surface area contributed by atoms with Gasteiger partial charge in [-0.05, 0) is 36.6 Å². The Kier molecular flexibility index (Phi) is 3.27. The van der Waals surface area contributed by atoms with Crippen molar-refractivity contribution in [2.45, 2.75) is 25.4 Å². The third-order valence-corrected chi connectivity index (χ3v) is 3.07. The van der Waals surface area contributed by atoms with Gasteiger partial charge in [-0.15, -0.1) is 0 Å². The summed E-state index contributed by atoms with van der Waals surface area (Å²) in [4.78, 5) is 16.2. The molecule has 19 heavy (non-hydrogen) atoms. The first-order valence-electron chi connectivity index (χ1n) is 6.50. The molecule has 1 aromatic heterocycles. The van der Waals surface area contributed by atoms with E-state index in [1.807, 2.05) is 36.4 Å². The number of hydrogen-bond acceptors (Lipinski definition) is 3. The van der Waals surface area contributed by atoms with E-state index in [0.717, 1.165) is 24.2 Å². The Bertz CT molecular complexity index is 576. The van der Waals surface area contributed by atoms with Crippen molar-refractivity contribution >= 4 is 5.78 Å². The van der Waals surface area contributed by atoms with Gasteiger partial charge in [-0.2, -0.15) is 0 Å². The van der Waals surface area contributed by atoms with Crippen LogP contribution >= 0.6 is 0 Å². The SMILES string of the molecule is O=C(Cc1cccnc1)c1cccc(OC2CC2)c1. The number of ketones is 1. The number of benzene rings is 1. The number of rotatable bonds is 5. The summed E-state index contributed by atoms with van der Waals surface area (Å²) in [5.41, 5.74) is 1.63. The van der Waals surface area contributed by atoms with Crippen LogP contribution in [0.5, 0.6) is 5.75 Å². The molecule has 0 amide bonds. The van der Waals surface area contributed by atoms with E-state index in [0.29, 0.717) is 18.1 Å². The Morgan fingerprint density at radius 1 is 1.26 bits per heavy atom. The summed E-state index contributed by atoms with van der Waals surface area (Å²) >= 11 is 0. The van der Waals surface area contributed by atoms with E-state index in [9.17, 15) is 4.79 Å². The predicted molar refractivity (Wildman–Crippen MR) is 72.4 cm³/mol. The highest BCUT2D eigenvalue weighted by atomic mass is 16.5. The normalized spacial score (nSPS) is 14.1. The van der Waals surface area contributed by atoms with E-state index in [1.54, 1.807) is 12.4 Å². The van der Waals surface area contributed by atoms with Crippen molar-refractivity contribution in [2.24, 2.45) is 0 Å². The van der Waals surface area contributed by atoms with Gasteiger partial charge in [0.1, 0.15) is 5.75 Å². The van der Waals surface area contributed by atoms with Crippen LogP contribution in [0.3, 0.4) is 0 Å². The summed E-state index contributed by atoms with van der Waals surface area (Å²) in [6.07, 6.45) is 6.40. The van der Waals surface area contributed by atoms with Gasteiger partial charge < -0.3 is 4.74 Å². The molecule has 3 heteroatoms. The lowest BCUT2D eigenvalue weighted by atomic mass is 10.0. The minimum Gasteiger partial charge on any atom is -0.490 e. The highest BCUT2D eigenvalue weighted by Gasteiger charge is 2.23. The van der Waals surface area contributed by atoms with Gasteiger partial charge in [0.2, 0.25) is 0 Å². The molecule has 0 aliphatic heterocycles. The quantitative estimate of drug-likeness (QED) is 0.769. The van der Waals surface area contributed by atoms with Gasteiger partial charge in [-0.3, -0.25) is 9.78 Å². The van der Waals surface area contributed by atoms with E-state index < -0.39 is 0 Å². The van der Waals surface area contributed by atoms with Gasteiger partial charge in [0, 0.05) is 24.4 Å². The van der Waals surface area contributed by atoms with Crippen molar-refractivity contribution in [3.8, 4) is 5.75 Å². The maximum atomic E-state index is 12.2. The molecular weight excluding hydrogens is 238 g/mol. The third-order valence-electron chi connectivity index (χ3n) is 3.07. The Morgan fingerprint density at radius 2 is 2.16 bits per heavy atom. The minimum absolute atomic E-state index is 0.0919. The standard InChI is InChI=1S/C16H15NO2/c18-16(9-12-3-2-8-17-11-12)13-4-1-5-15(10-13)19-14-6-7-14/h1-5,8,10-11,14H,6-7,9H2. The first-order chi connectivity index (χ1) is 9.31. The van der Waals surface area contributed by atoms with Gasteiger partial charge in [0.15, 0.2) is 5.78 Å². The highest BCUT2D eigenvalue weighted by Crippen LogP contribution is 2.27. The maximum absolute atomic E-state index is 12.2. The van der Waals surface area contributed by atoms with E-state index in [2.05, 4.69) is 4.98 Å². The molecule has 1 aliphatic rings. The van der Waals surface area contributed by atoms with Crippen LogP contribution in [-0.4, -0.2) is 16.9 Å². The Hall–Kier alpha value is -2.16. The number of pyridine rings is 1. The molecule has 0 spiro atoms. The van der Waals surface area contributed by atoms with Crippen LogP contribution in [0.15, 0.2) is 48.8 Å². The second-order valence-electron chi connectivity index (χ2n) is 4.81. The molecule has 2 aromatic rings. The molecule has 0 unspecified atom stereocenters. The smallest absolute Gasteiger partial charge is 0.167 e. The largest absolute Gasteiger partial charge is 0.490 e. The van der Waals surface area contributed by atoms with Gasteiger partial charge >= 0.3 is 0 Å². The lowest BCUT2D eigenvalue weighted by Crippen LogP contribution is -2.04. The molecule has 0 saturated heterocycles. The number of hydrogen-bond donors (Lipinski definition) is 0. The fourth-order valence-electron chi connectivity index (χ4n) is 1.91. The Balaban J connectivity index is 1.72. The molecule has 1 aliphatic carbocycles. The van der Waals surface area contributed by atoms with Gasteiger partial charge in [-0.1, -0.05) is 18.2 Å². The van der Waals surface area contributed by atoms with Crippen LogP contribution < -0.4 is 4.74 Å². The lowest BCUT2D eigenvalue weighted by molar-refractivity contribution is 0.0992. The van der Waals surface area contributed by atoms with Crippen molar-refractivity contribution < 1.29 is 9.53 Å². The average molecular weight is 253 g/mol. The summed E-state index contributed by atoms with van der Waals surface area (Å²) in [5.74, 6) is 0.883. The van der Waals surface area contributed by atoms with Crippen LogP contribution in [0.25, 0.3) is 0 Å². The average Bonchev–Trinajstić information content (AvgIpc) is 3.24. The second-order valence-corrected chi connectivity index (χ2v) is 4.81. The molecule has 96 valence electrons. The van der Waals surface area contributed by atoms with Gasteiger partial charge in [0.05, 0.1) is 6.10 Å². The van der Waals surface area contributed by atoms with Crippen molar-refractivity contribution in [3.05, 3.63) is 59.9 Å². The third kappa shape index (κ3) is 3.19. The van der Waals surface area contributed by atoms with E-state index in [4.69, 9.17) is 4.74 Å². The second kappa shape index (κ2) is 5.22. The monoisotopic (exact) mass is 253 g/mol. The molecule has 0 N–H and O–H groups in total. The van der Waals surface area contributed by atoms with Crippen molar-refractivity contribution in [3.63, 3.8) is 0 Å². The fraction of sp³-hybridized carbons (Fsp3) is 0.250. The number of Topliss-reactive ketones (excluding diaryl/α,β-unsaturated/α-hetero) is 1. The van der Waals surface area contributed by atoms with Crippen molar-refractivity contribution in [1.29, 1.82) is 0 Å². The van der Waals surface area contributed by atoms with Crippen LogP contribution in [0.1, 0.15) is 28.8 Å². The Morgan fingerprint density at radius 3 is 2.89 bits per heavy atom. The molecule has 1 fully saturated rings.